The van der Waals surface area contributed by atoms with Crippen molar-refractivity contribution >= 4 is 74.4 Å². The van der Waals surface area contributed by atoms with Crippen molar-refractivity contribution in [1.82, 2.24) is 0 Å². The molecule has 1 unspecified atom stereocenters. The molecule has 0 aliphatic carbocycles. The Hall–Kier alpha value is 0.890. The molecule has 0 heterocycles. The molecule has 17 heavy (non-hydrogen) atoms. The first kappa shape index (κ1) is 15.9. The molecule has 0 bridgehead atoms. The van der Waals surface area contributed by atoms with Gasteiger partial charge in [-0.2, -0.15) is 0 Å². The van der Waals surface area contributed by atoms with E-state index in [0.717, 1.165) is 5.33 Å². The quantitative estimate of drug-likeness (QED) is 0.480. The molecule has 3 nitrogen and oxygen atoms in total. The molecular formula is C9H8Br4O3S. The van der Waals surface area contributed by atoms with Gasteiger partial charge < -0.3 is 4.74 Å². The van der Waals surface area contributed by atoms with Gasteiger partial charge in [0, 0.05) is 5.33 Å². The third-order valence-electron chi connectivity index (χ3n) is 1.77. The Labute approximate surface area is 135 Å². The lowest BCUT2D eigenvalue weighted by molar-refractivity contribution is 0.321. The van der Waals surface area contributed by atoms with Crippen LogP contribution in [0.2, 0.25) is 0 Å². The van der Waals surface area contributed by atoms with Crippen LogP contribution in [0.3, 0.4) is 0 Å². The number of alkyl halides is 2. The summed E-state index contributed by atoms with van der Waals surface area (Å²) in [5.41, 5.74) is 0. The van der Waals surface area contributed by atoms with E-state index in [1.54, 1.807) is 0 Å². The minimum atomic E-state index is -2.60. The average molecular weight is 516 g/mol. The maximum absolute atomic E-state index is 10.9. The second kappa shape index (κ2) is 7.47. The molecule has 0 saturated carbocycles. The standard InChI is InChI=1S/C9H8Br4O3S/c10-3-5(11)4-16-9-7(12)1-6(17(14)15)2-8(9)13/h1-2,5,17H,3-4H2. The second-order valence-electron chi connectivity index (χ2n) is 3.06. The van der Waals surface area contributed by atoms with Crippen LogP contribution in [0.1, 0.15) is 0 Å². The van der Waals surface area contributed by atoms with Gasteiger partial charge in [0.1, 0.15) is 12.4 Å². The van der Waals surface area contributed by atoms with Crippen LogP contribution in [0, 0.1) is 0 Å². The summed E-state index contributed by atoms with van der Waals surface area (Å²) in [7, 11) is -2.60. The van der Waals surface area contributed by atoms with Gasteiger partial charge in [-0.25, -0.2) is 8.42 Å². The number of thiol groups is 1. The SMILES string of the molecule is O=[SH](=O)c1cc(Br)c(OCC(Br)CBr)c(Br)c1. The molecule has 0 fully saturated rings. The number of hydrogen-bond donors (Lipinski definition) is 1. The summed E-state index contributed by atoms with van der Waals surface area (Å²) in [6, 6.07) is 3.03. The van der Waals surface area contributed by atoms with E-state index in [9.17, 15) is 8.42 Å². The third kappa shape index (κ3) is 4.81. The summed E-state index contributed by atoms with van der Waals surface area (Å²) >= 11 is 13.3. The van der Waals surface area contributed by atoms with Crippen molar-refractivity contribution in [3.63, 3.8) is 0 Å². The van der Waals surface area contributed by atoms with Gasteiger partial charge in [0.2, 0.25) is 0 Å². The lowest BCUT2D eigenvalue weighted by Crippen LogP contribution is -2.12. The van der Waals surface area contributed by atoms with Gasteiger partial charge in [-0.3, -0.25) is 0 Å². The molecule has 0 aromatic heterocycles. The monoisotopic (exact) mass is 512 g/mol. The molecule has 0 aliphatic heterocycles. The molecule has 0 saturated heterocycles. The highest BCUT2D eigenvalue weighted by molar-refractivity contribution is 9.12. The summed E-state index contributed by atoms with van der Waals surface area (Å²) < 4.78 is 28.5. The van der Waals surface area contributed by atoms with Gasteiger partial charge in [-0.05, 0) is 44.0 Å². The molecule has 0 radical (unpaired) electrons. The summed E-state index contributed by atoms with van der Waals surface area (Å²) in [5, 5.41) is 0.771. The molecule has 0 aliphatic rings. The van der Waals surface area contributed by atoms with E-state index in [0.29, 0.717) is 21.3 Å². The highest BCUT2D eigenvalue weighted by atomic mass is 79.9. The minimum absolute atomic E-state index is 0.192. The Balaban J connectivity index is 2.94. The lowest BCUT2D eigenvalue weighted by atomic mass is 10.3. The van der Waals surface area contributed by atoms with E-state index in [2.05, 4.69) is 63.7 Å². The van der Waals surface area contributed by atoms with Crippen molar-refractivity contribution < 1.29 is 13.2 Å². The van der Waals surface area contributed by atoms with Gasteiger partial charge in [0.25, 0.3) is 0 Å². The number of halogens is 4. The average Bonchev–Trinajstić information content (AvgIpc) is 2.27. The maximum Gasteiger partial charge on any atom is 0.168 e. The van der Waals surface area contributed by atoms with Crippen LogP contribution in [0.15, 0.2) is 26.0 Å². The van der Waals surface area contributed by atoms with Crippen LogP contribution < -0.4 is 4.74 Å². The fraction of sp³-hybridized carbons (Fsp3) is 0.333. The summed E-state index contributed by atoms with van der Waals surface area (Å²) in [4.78, 5) is 0.430. The van der Waals surface area contributed by atoms with Crippen molar-refractivity contribution in [2.75, 3.05) is 11.9 Å². The number of ether oxygens (including phenoxy) is 1. The van der Waals surface area contributed by atoms with Crippen molar-refractivity contribution in [2.24, 2.45) is 0 Å². The van der Waals surface area contributed by atoms with Gasteiger partial charge in [0.05, 0.1) is 18.7 Å². The molecule has 96 valence electrons. The fourth-order valence-electron chi connectivity index (χ4n) is 1.01. The third-order valence-corrected chi connectivity index (χ3v) is 5.87. The summed E-state index contributed by atoms with van der Waals surface area (Å²) in [6.07, 6.45) is 0. The molecule has 0 amide bonds. The predicted octanol–water partition coefficient (Wildman–Crippen LogP) is 3.72. The zero-order valence-corrected chi connectivity index (χ0v) is 15.6. The van der Waals surface area contributed by atoms with Crippen molar-refractivity contribution in [1.29, 1.82) is 0 Å². The Morgan fingerprint density at radius 3 is 2.18 bits per heavy atom. The van der Waals surface area contributed by atoms with Crippen molar-refractivity contribution in [3.8, 4) is 5.75 Å². The Bertz CT molecular complexity index is 444. The van der Waals surface area contributed by atoms with Crippen LogP contribution in [0.25, 0.3) is 0 Å². The van der Waals surface area contributed by atoms with Gasteiger partial charge in [-0.1, -0.05) is 31.9 Å². The Morgan fingerprint density at radius 2 is 1.76 bits per heavy atom. The highest BCUT2D eigenvalue weighted by Crippen LogP contribution is 2.35. The molecule has 0 spiro atoms. The van der Waals surface area contributed by atoms with Gasteiger partial charge >= 0.3 is 0 Å². The minimum Gasteiger partial charge on any atom is -0.490 e. The van der Waals surface area contributed by atoms with Crippen LogP contribution in [-0.2, 0) is 10.7 Å². The number of benzene rings is 1. The van der Waals surface area contributed by atoms with Crippen LogP contribution >= 0.6 is 63.7 Å². The number of rotatable bonds is 5. The Kier molecular flexibility index (Phi) is 7.01. The topological polar surface area (TPSA) is 43.4 Å². The smallest absolute Gasteiger partial charge is 0.168 e. The van der Waals surface area contributed by atoms with E-state index in [4.69, 9.17) is 4.74 Å². The van der Waals surface area contributed by atoms with E-state index in [1.165, 1.54) is 12.1 Å². The highest BCUT2D eigenvalue weighted by Gasteiger charge is 2.12. The summed E-state index contributed by atoms with van der Waals surface area (Å²) in [5.74, 6) is 0.594. The van der Waals surface area contributed by atoms with Crippen LogP contribution in [0.4, 0.5) is 0 Å². The lowest BCUT2D eigenvalue weighted by Gasteiger charge is -2.12. The molecule has 1 aromatic rings. The van der Waals surface area contributed by atoms with E-state index in [-0.39, 0.29) is 9.72 Å². The fourth-order valence-corrected chi connectivity index (χ4v) is 3.57. The molecular weight excluding hydrogens is 508 g/mol. The molecule has 1 aromatic carbocycles. The molecule has 1 rings (SSSR count). The normalized spacial score (nSPS) is 12.8. The first-order chi connectivity index (χ1) is 7.95. The second-order valence-corrected chi connectivity index (χ2v) is 7.74. The number of hydrogen-bond acceptors (Lipinski definition) is 3. The van der Waals surface area contributed by atoms with E-state index in [1.807, 2.05) is 0 Å². The first-order valence-electron chi connectivity index (χ1n) is 4.42. The largest absolute Gasteiger partial charge is 0.490 e. The Morgan fingerprint density at radius 1 is 1.24 bits per heavy atom. The van der Waals surface area contributed by atoms with Crippen LogP contribution in [0.5, 0.6) is 5.75 Å². The first-order valence-corrected chi connectivity index (χ1v) is 9.22. The maximum atomic E-state index is 10.9. The van der Waals surface area contributed by atoms with E-state index < -0.39 is 10.7 Å². The summed E-state index contributed by atoms with van der Waals surface area (Å²) in [6.45, 7) is 0.477. The molecule has 8 heteroatoms. The van der Waals surface area contributed by atoms with Gasteiger partial charge in [-0.15, -0.1) is 0 Å². The predicted molar refractivity (Wildman–Crippen MR) is 82.4 cm³/mol. The molecule has 1 atom stereocenters. The van der Waals surface area contributed by atoms with Crippen molar-refractivity contribution in [2.45, 2.75) is 9.72 Å². The molecule has 0 N–H and O–H groups in total. The van der Waals surface area contributed by atoms with Crippen molar-refractivity contribution in [3.05, 3.63) is 21.1 Å². The van der Waals surface area contributed by atoms with Crippen LogP contribution in [-0.4, -0.2) is 25.2 Å². The zero-order chi connectivity index (χ0) is 13.0. The zero-order valence-electron chi connectivity index (χ0n) is 8.33. The van der Waals surface area contributed by atoms with Gasteiger partial charge in [0.15, 0.2) is 10.7 Å². The van der Waals surface area contributed by atoms with E-state index >= 15 is 0 Å².